The van der Waals surface area contributed by atoms with Gasteiger partial charge in [0.15, 0.2) is 11.5 Å². The monoisotopic (exact) mass is 401 g/mol. The van der Waals surface area contributed by atoms with E-state index in [0.29, 0.717) is 40.3 Å². The minimum Gasteiger partial charge on any atom is -0.454 e. The van der Waals surface area contributed by atoms with Gasteiger partial charge >= 0.3 is 0 Å². The van der Waals surface area contributed by atoms with Crippen molar-refractivity contribution in [1.29, 1.82) is 0 Å². The highest BCUT2D eigenvalue weighted by Gasteiger charge is 2.35. The largest absolute Gasteiger partial charge is 0.454 e. The van der Waals surface area contributed by atoms with Crippen molar-refractivity contribution in [2.45, 2.75) is 49.8 Å². The van der Waals surface area contributed by atoms with E-state index < -0.39 is 0 Å². The minimum atomic E-state index is 0.185. The zero-order valence-corrected chi connectivity index (χ0v) is 16.5. The summed E-state index contributed by atoms with van der Waals surface area (Å²) in [5, 5.41) is 8.61. The van der Waals surface area contributed by atoms with Crippen LogP contribution >= 0.6 is 11.8 Å². The maximum Gasteiger partial charge on any atom is 0.277 e. The van der Waals surface area contributed by atoms with E-state index in [2.05, 4.69) is 15.1 Å². The number of piperidine rings is 1. The molecule has 3 aliphatic rings. The zero-order chi connectivity index (χ0) is 18.9. The van der Waals surface area contributed by atoms with Gasteiger partial charge < -0.3 is 18.8 Å². The molecule has 1 amide bonds. The lowest BCUT2D eigenvalue weighted by Crippen LogP contribution is -2.50. The zero-order valence-electron chi connectivity index (χ0n) is 15.6. The number of benzene rings is 1. The molecule has 2 atom stereocenters. The Hall–Kier alpha value is -2.22. The fourth-order valence-electron chi connectivity index (χ4n) is 4.56. The molecular weight excluding hydrogens is 378 g/mol. The van der Waals surface area contributed by atoms with Crippen molar-refractivity contribution in [3.05, 3.63) is 18.2 Å². The van der Waals surface area contributed by atoms with Crippen LogP contribution in [0.1, 0.15) is 38.5 Å². The number of fused-ring (bicyclic) bond motifs is 2. The van der Waals surface area contributed by atoms with Crippen molar-refractivity contribution < 1.29 is 18.7 Å². The van der Waals surface area contributed by atoms with Crippen molar-refractivity contribution in [3.63, 3.8) is 0 Å². The van der Waals surface area contributed by atoms with Crippen molar-refractivity contribution in [1.82, 2.24) is 15.1 Å². The number of carbonyl (C=O) groups is 1. The maximum atomic E-state index is 12.8. The van der Waals surface area contributed by atoms with Gasteiger partial charge in [-0.2, -0.15) is 0 Å². The lowest BCUT2D eigenvalue weighted by atomic mass is 9.78. The van der Waals surface area contributed by atoms with Crippen LogP contribution in [0.15, 0.2) is 27.8 Å². The van der Waals surface area contributed by atoms with Gasteiger partial charge in [0.1, 0.15) is 0 Å². The Morgan fingerprint density at radius 3 is 2.93 bits per heavy atom. The number of hydrogen-bond acceptors (Lipinski definition) is 7. The summed E-state index contributed by atoms with van der Waals surface area (Å²) in [6.45, 7) is 1.11. The van der Waals surface area contributed by atoms with E-state index in [1.54, 1.807) is 0 Å². The fourth-order valence-corrected chi connectivity index (χ4v) is 5.20. The summed E-state index contributed by atoms with van der Waals surface area (Å²) in [6, 6.07) is 5.95. The molecule has 28 heavy (non-hydrogen) atoms. The highest BCUT2D eigenvalue weighted by atomic mass is 32.2. The number of hydrogen-bond donors (Lipinski definition) is 0. The number of thioether (sulfide) groups is 1. The standard InChI is InChI=1S/C20H23N3O4S/c24-18(23-9-3-5-13-4-1-2-6-15(13)23)11-28-20-22-21-19(27-20)14-7-8-16-17(10-14)26-12-25-16/h7-8,10,13,15H,1-6,9,11-12H2/t13-,15-/m0/s1. The lowest BCUT2D eigenvalue weighted by molar-refractivity contribution is -0.134. The quantitative estimate of drug-likeness (QED) is 0.722. The van der Waals surface area contributed by atoms with Gasteiger partial charge in [0.2, 0.25) is 18.6 Å². The highest BCUT2D eigenvalue weighted by Crippen LogP contribution is 2.37. The number of rotatable bonds is 4. The smallest absolute Gasteiger partial charge is 0.277 e. The third-order valence-electron chi connectivity index (χ3n) is 5.91. The summed E-state index contributed by atoms with van der Waals surface area (Å²) in [5.41, 5.74) is 0.774. The fraction of sp³-hybridized carbons (Fsp3) is 0.550. The summed E-state index contributed by atoms with van der Waals surface area (Å²) in [7, 11) is 0. The van der Waals surface area contributed by atoms with Crippen LogP contribution in [0.25, 0.3) is 11.5 Å². The topological polar surface area (TPSA) is 77.7 Å². The van der Waals surface area contributed by atoms with E-state index in [9.17, 15) is 4.79 Å². The van der Waals surface area contributed by atoms with Crippen molar-refractivity contribution >= 4 is 17.7 Å². The van der Waals surface area contributed by atoms with Crippen LogP contribution in [0.4, 0.5) is 0 Å². The number of aromatic nitrogens is 2. The number of nitrogens with zero attached hydrogens (tertiary/aromatic N) is 3. The van der Waals surface area contributed by atoms with Gasteiger partial charge in [-0.15, -0.1) is 10.2 Å². The van der Waals surface area contributed by atoms with E-state index in [4.69, 9.17) is 13.9 Å². The van der Waals surface area contributed by atoms with Gasteiger partial charge in [-0.05, 0) is 49.8 Å². The average Bonchev–Trinajstić information content (AvgIpc) is 3.40. The van der Waals surface area contributed by atoms with E-state index in [-0.39, 0.29) is 12.7 Å². The Bertz CT molecular complexity index is 869. The molecule has 8 heteroatoms. The molecule has 5 rings (SSSR count). The van der Waals surface area contributed by atoms with Gasteiger partial charge in [-0.3, -0.25) is 4.79 Å². The van der Waals surface area contributed by atoms with Gasteiger partial charge in [0.25, 0.3) is 5.22 Å². The number of amides is 1. The highest BCUT2D eigenvalue weighted by molar-refractivity contribution is 7.99. The predicted molar refractivity (Wildman–Crippen MR) is 103 cm³/mol. The Morgan fingerprint density at radius 1 is 1.11 bits per heavy atom. The normalized spacial score (nSPS) is 23.5. The summed E-state index contributed by atoms with van der Waals surface area (Å²) < 4.78 is 16.5. The minimum absolute atomic E-state index is 0.185. The van der Waals surface area contributed by atoms with E-state index in [1.807, 2.05) is 18.2 Å². The molecule has 148 valence electrons. The van der Waals surface area contributed by atoms with Crippen molar-refractivity contribution in [2.24, 2.45) is 5.92 Å². The third kappa shape index (κ3) is 3.45. The molecular formula is C20H23N3O4S. The molecule has 2 aromatic rings. The number of carbonyl (C=O) groups excluding carboxylic acids is 1. The molecule has 1 saturated carbocycles. The van der Waals surface area contributed by atoms with Crippen molar-refractivity contribution in [3.8, 4) is 23.0 Å². The van der Waals surface area contributed by atoms with Crippen LogP contribution in [-0.2, 0) is 4.79 Å². The van der Waals surface area contributed by atoms with Crippen LogP contribution in [-0.4, -0.2) is 46.1 Å². The molecule has 7 nitrogen and oxygen atoms in total. The van der Waals surface area contributed by atoms with Gasteiger partial charge in [-0.25, -0.2) is 0 Å². The molecule has 3 heterocycles. The SMILES string of the molecule is O=C(CSc1nnc(-c2ccc3c(c2)OCO3)o1)N1CCC[C@@H]2CCCC[C@@H]21. The van der Waals surface area contributed by atoms with Crippen molar-refractivity contribution in [2.75, 3.05) is 19.1 Å². The molecule has 0 unspecified atom stereocenters. The van der Waals surface area contributed by atoms with Crippen LogP contribution in [0.2, 0.25) is 0 Å². The number of likely N-dealkylation sites (tertiary alicyclic amines) is 1. The molecule has 2 aliphatic heterocycles. The molecule has 1 aromatic heterocycles. The van der Waals surface area contributed by atoms with Gasteiger partial charge in [0, 0.05) is 18.2 Å². The first-order valence-corrected chi connectivity index (χ1v) is 10.9. The first-order valence-electron chi connectivity index (χ1n) is 9.94. The maximum absolute atomic E-state index is 12.8. The van der Waals surface area contributed by atoms with E-state index in [0.717, 1.165) is 24.9 Å². The Morgan fingerprint density at radius 2 is 1.96 bits per heavy atom. The lowest BCUT2D eigenvalue weighted by Gasteiger charge is -2.44. The second kappa shape index (κ2) is 7.66. The second-order valence-corrected chi connectivity index (χ2v) is 8.50. The summed E-state index contributed by atoms with van der Waals surface area (Å²) in [4.78, 5) is 14.9. The summed E-state index contributed by atoms with van der Waals surface area (Å²) in [5.74, 6) is 3.02. The van der Waals surface area contributed by atoms with Crippen LogP contribution < -0.4 is 9.47 Å². The van der Waals surface area contributed by atoms with Crippen LogP contribution in [0, 0.1) is 5.92 Å². The number of ether oxygens (including phenoxy) is 2. The Labute approximate surface area is 167 Å². The molecule has 0 radical (unpaired) electrons. The van der Waals surface area contributed by atoms with Crippen LogP contribution in [0.5, 0.6) is 11.5 Å². The first-order chi connectivity index (χ1) is 13.8. The average molecular weight is 401 g/mol. The molecule has 0 N–H and O–H groups in total. The van der Waals surface area contributed by atoms with Gasteiger partial charge in [-0.1, -0.05) is 24.6 Å². The molecule has 1 saturated heterocycles. The van der Waals surface area contributed by atoms with Crippen LogP contribution in [0.3, 0.4) is 0 Å². The first kappa shape index (κ1) is 17.8. The molecule has 2 fully saturated rings. The summed E-state index contributed by atoms with van der Waals surface area (Å²) in [6.07, 6.45) is 7.35. The predicted octanol–water partition coefficient (Wildman–Crippen LogP) is 3.74. The van der Waals surface area contributed by atoms with E-state index >= 15 is 0 Å². The molecule has 1 aromatic carbocycles. The molecule has 0 bridgehead atoms. The van der Waals surface area contributed by atoms with Gasteiger partial charge in [0.05, 0.1) is 5.75 Å². The molecule has 1 aliphatic carbocycles. The Balaban J connectivity index is 1.22. The van der Waals surface area contributed by atoms with E-state index in [1.165, 1.54) is 37.4 Å². The Kier molecular flexibility index (Phi) is 4.88. The third-order valence-corrected chi connectivity index (χ3v) is 6.71. The molecule has 0 spiro atoms. The second-order valence-electron chi connectivity index (χ2n) is 7.57. The summed E-state index contributed by atoms with van der Waals surface area (Å²) >= 11 is 1.32.